The summed E-state index contributed by atoms with van der Waals surface area (Å²) in [5.74, 6) is -0.364. The molecule has 0 radical (unpaired) electrons. The molecule has 0 N–H and O–H groups in total. The van der Waals surface area contributed by atoms with E-state index in [0.717, 1.165) is 11.1 Å². The fraction of sp³-hybridized carbons (Fsp3) is 0.417. The van der Waals surface area contributed by atoms with Crippen molar-refractivity contribution in [3.63, 3.8) is 0 Å². The average molecular weight is 411 g/mol. The minimum absolute atomic E-state index is 0.187. The van der Waals surface area contributed by atoms with Crippen LogP contribution in [0, 0.1) is 5.92 Å². The maximum atomic E-state index is 12.9. The Kier molecular flexibility index (Phi) is 6.65. The van der Waals surface area contributed by atoms with E-state index in [2.05, 4.69) is 0 Å². The van der Waals surface area contributed by atoms with Crippen molar-refractivity contribution in [2.24, 2.45) is 5.92 Å². The van der Waals surface area contributed by atoms with E-state index >= 15 is 0 Å². The Balaban J connectivity index is 1.78. The smallest absolute Gasteiger partial charge is 0.410 e. The van der Waals surface area contributed by atoms with Crippen LogP contribution in [0.25, 0.3) is 0 Å². The van der Waals surface area contributed by atoms with Gasteiger partial charge in [0, 0.05) is 19.0 Å². The number of carbonyl (C=O) groups is 2. The lowest BCUT2D eigenvalue weighted by molar-refractivity contribution is -0.159. The minimum Gasteiger partial charge on any atom is -0.496 e. The summed E-state index contributed by atoms with van der Waals surface area (Å²) in [7, 11) is 1.60. The topological polar surface area (TPSA) is 65.1 Å². The molecule has 1 amide bonds. The molecule has 1 aliphatic rings. The molecule has 0 saturated carbocycles. The molecule has 2 aromatic rings. The molecule has 1 heterocycles. The maximum absolute atomic E-state index is 12.9. The van der Waals surface area contributed by atoms with Crippen LogP contribution in [0.15, 0.2) is 54.6 Å². The highest BCUT2D eigenvalue weighted by molar-refractivity contribution is 5.78. The number of amides is 1. The molecule has 0 bridgehead atoms. The van der Waals surface area contributed by atoms with Crippen LogP contribution in [0.2, 0.25) is 0 Å². The fourth-order valence-electron chi connectivity index (χ4n) is 3.67. The van der Waals surface area contributed by atoms with Gasteiger partial charge in [-0.3, -0.25) is 4.79 Å². The van der Waals surface area contributed by atoms with Crippen molar-refractivity contribution in [3.8, 4) is 5.75 Å². The summed E-state index contributed by atoms with van der Waals surface area (Å²) in [5.41, 5.74) is 1.19. The first kappa shape index (κ1) is 21.7. The zero-order valence-corrected chi connectivity index (χ0v) is 18.0. The molecule has 1 fully saturated rings. The second-order valence-electron chi connectivity index (χ2n) is 8.43. The van der Waals surface area contributed by atoms with Crippen LogP contribution in [-0.2, 0) is 20.9 Å². The van der Waals surface area contributed by atoms with E-state index in [1.807, 2.05) is 75.4 Å². The third-order valence-electron chi connectivity index (χ3n) is 5.03. The van der Waals surface area contributed by atoms with E-state index < -0.39 is 17.6 Å². The van der Waals surface area contributed by atoms with Gasteiger partial charge in [0.15, 0.2) is 0 Å². The SMILES string of the molecule is COc1ccccc1C1CN(C(=O)OCc2ccccc2)CC1C(=O)OC(C)(C)C. The van der Waals surface area contributed by atoms with Gasteiger partial charge in [-0.15, -0.1) is 0 Å². The lowest BCUT2D eigenvalue weighted by atomic mass is 9.88. The molecule has 1 saturated heterocycles. The first-order valence-electron chi connectivity index (χ1n) is 10.1. The zero-order valence-electron chi connectivity index (χ0n) is 18.0. The summed E-state index contributed by atoms with van der Waals surface area (Å²) >= 11 is 0. The summed E-state index contributed by atoms with van der Waals surface area (Å²) in [6, 6.07) is 17.1. The number of ether oxygens (including phenoxy) is 3. The van der Waals surface area contributed by atoms with Crippen LogP contribution in [0.5, 0.6) is 5.75 Å². The Morgan fingerprint density at radius 1 is 1.00 bits per heavy atom. The Labute approximate surface area is 177 Å². The van der Waals surface area contributed by atoms with Crippen LogP contribution in [0.3, 0.4) is 0 Å². The van der Waals surface area contributed by atoms with E-state index in [0.29, 0.717) is 12.3 Å². The third kappa shape index (κ3) is 5.32. The number of hydrogen-bond donors (Lipinski definition) is 0. The molecule has 2 unspecified atom stereocenters. The fourth-order valence-corrected chi connectivity index (χ4v) is 3.67. The molecule has 0 aliphatic carbocycles. The normalized spacial score (nSPS) is 18.7. The van der Waals surface area contributed by atoms with Crippen molar-refractivity contribution in [1.82, 2.24) is 4.90 Å². The monoisotopic (exact) mass is 411 g/mol. The van der Waals surface area contributed by atoms with Gasteiger partial charge in [-0.2, -0.15) is 0 Å². The van der Waals surface area contributed by atoms with E-state index in [-0.39, 0.29) is 25.0 Å². The summed E-state index contributed by atoms with van der Waals surface area (Å²) in [4.78, 5) is 27.3. The lowest BCUT2D eigenvalue weighted by Crippen LogP contribution is -2.33. The number of para-hydroxylation sites is 1. The Morgan fingerprint density at radius 3 is 2.33 bits per heavy atom. The summed E-state index contributed by atoms with van der Waals surface area (Å²) in [6.07, 6.45) is -0.440. The molecule has 0 spiro atoms. The van der Waals surface area contributed by atoms with Crippen molar-refractivity contribution < 1.29 is 23.8 Å². The summed E-state index contributed by atoms with van der Waals surface area (Å²) < 4.78 is 16.6. The summed E-state index contributed by atoms with van der Waals surface area (Å²) in [5, 5.41) is 0. The number of rotatable bonds is 5. The van der Waals surface area contributed by atoms with Gasteiger partial charge in [0.1, 0.15) is 18.0 Å². The molecular weight excluding hydrogens is 382 g/mol. The Hall–Kier alpha value is -3.02. The molecule has 6 nitrogen and oxygen atoms in total. The number of methoxy groups -OCH3 is 1. The van der Waals surface area contributed by atoms with Gasteiger partial charge < -0.3 is 19.1 Å². The lowest BCUT2D eigenvalue weighted by Gasteiger charge is -2.25. The molecule has 30 heavy (non-hydrogen) atoms. The van der Waals surface area contributed by atoms with Crippen molar-refractivity contribution in [1.29, 1.82) is 0 Å². The van der Waals surface area contributed by atoms with Crippen LogP contribution in [0.4, 0.5) is 4.79 Å². The van der Waals surface area contributed by atoms with Gasteiger partial charge >= 0.3 is 12.1 Å². The quantitative estimate of drug-likeness (QED) is 0.683. The largest absolute Gasteiger partial charge is 0.496 e. The van der Waals surface area contributed by atoms with Gasteiger partial charge in [-0.25, -0.2) is 4.79 Å². The summed E-state index contributed by atoms with van der Waals surface area (Å²) in [6.45, 7) is 6.30. The first-order chi connectivity index (χ1) is 14.3. The van der Waals surface area contributed by atoms with Crippen LogP contribution >= 0.6 is 0 Å². The second-order valence-corrected chi connectivity index (χ2v) is 8.43. The van der Waals surface area contributed by atoms with Crippen molar-refractivity contribution in [2.45, 2.75) is 38.9 Å². The van der Waals surface area contributed by atoms with E-state index in [9.17, 15) is 9.59 Å². The average Bonchev–Trinajstić information content (AvgIpc) is 3.17. The number of nitrogens with zero attached hydrogens (tertiary/aromatic N) is 1. The van der Waals surface area contributed by atoms with Gasteiger partial charge in [-0.1, -0.05) is 48.5 Å². The molecule has 0 aromatic heterocycles. The van der Waals surface area contributed by atoms with Gasteiger partial charge in [0.05, 0.1) is 13.0 Å². The third-order valence-corrected chi connectivity index (χ3v) is 5.03. The highest BCUT2D eigenvalue weighted by Crippen LogP contribution is 2.39. The zero-order chi connectivity index (χ0) is 21.7. The van der Waals surface area contributed by atoms with Crippen molar-refractivity contribution in [2.75, 3.05) is 20.2 Å². The molecule has 1 aliphatic heterocycles. The van der Waals surface area contributed by atoms with Gasteiger partial charge in [-0.05, 0) is 38.0 Å². The predicted octanol–water partition coefficient (Wildman–Crippen LogP) is 4.39. The molecule has 2 atom stereocenters. The van der Waals surface area contributed by atoms with Gasteiger partial charge in [0.25, 0.3) is 0 Å². The Morgan fingerprint density at radius 2 is 1.67 bits per heavy atom. The standard InChI is InChI=1S/C24H29NO5/c1-24(2,3)30-22(26)20-15-25(23(27)29-16-17-10-6-5-7-11-17)14-19(20)18-12-8-9-13-21(18)28-4/h5-13,19-20H,14-16H2,1-4H3. The number of likely N-dealkylation sites (tertiary alicyclic amines) is 1. The first-order valence-corrected chi connectivity index (χ1v) is 10.1. The molecule has 3 rings (SSSR count). The highest BCUT2D eigenvalue weighted by Gasteiger charge is 2.43. The number of esters is 1. The highest BCUT2D eigenvalue weighted by atomic mass is 16.6. The van der Waals surface area contributed by atoms with Crippen molar-refractivity contribution >= 4 is 12.1 Å². The molecule has 160 valence electrons. The van der Waals surface area contributed by atoms with Gasteiger partial charge in [0.2, 0.25) is 0 Å². The second kappa shape index (κ2) is 9.20. The van der Waals surface area contributed by atoms with Crippen LogP contribution in [0.1, 0.15) is 37.8 Å². The molecule has 6 heteroatoms. The van der Waals surface area contributed by atoms with Crippen molar-refractivity contribution in [3.05, 3.63) is 65.7 Å². The number of carbonyl (C=O) groups excluding carboxylic acids is 2. The van der Waals surface area contributed by atoms with Crippen LogP contribution < -0.4 is 4.74 Å². The van der Waals surface area contributed by atoms with E-state index in [1.54, 1.807) is 12.0 Å². The number of hydrogen-bond acceptors (Lipinski definition) is 5. The van der Waals surface area contributed by atoms with E-state index in [1.165, 1.54) is 0 Å². The van der Waals surface area contributed by atoms with Crippen LogP contribution in [-0.4, -0.2) is 42.8 Å². The minimum atomic E-state index is -0.607. The molecular formula is C24H29NO5. The predicted molar refractivity (Wildman–Crippen MR) is 113 cm³/mol. The molecule has 2 aromatic carbocycles. The Bertz CT molecular complexity index is 875. The maximum Gasteiger partial charge on any atom is 0.410 e. The number of benzene rings is 2. The van der Waals surface area contributed by atoms with E-state index in [4.69, 9.17) is 14.2 Å².